The second-order valence-corrected chi connectivity index (χ2v) is 6.66. The monoisotopic (exact) mass is 298 g/mol. The molecule has 0 saturated carbocycles. The maximum absolute atomic E-state index is 6.34. The SMILES string of the molecule is Cc1nn(C)c(Cl)c1CN1CCCC1CNCC(C)C. The molecule has 0 radical (unpaired) electrons. The molecule has 4 nitrogen and oxygen atoms in total. The Labute approximate surface area is 127 Å². The van der Waals surface area contributed by atoms with Gasteiger partial charge in [-0.3, -0.25) is 9.58 Å². The number of rotatable bonds is 6. The number of aromatic nitrogens is 2. The van der Waals surface area contributed by atoms with Gasteiger partial charge in [0.1, 0.15) is 5.15 Å². The summed E-state index contributed by atoms with van der Waals surface area (Å²) in [5.74, 6) is 0.708. The molecule has 1 aliphatic rings. The number of nitrogens with zero attached hydrogens (tertiary/aromatic N) is 3. The van der Waals surface area contributed by atoms with E-state index in [4.69, 9.17) is 11.6 Å². The lowest BCUT2D eigenvalue weighted by Gasteiger charge is -2.25. The zero-order valence-corrected chi connectivity index (χ0v) is 13.9. The highest BCUT2D eigenvalue weighted by Crippen LogP contribution is 2.25. The molecule has 1 aromatic heterocycles. The molecular formula is C15H27ClN4. The number of hydrogen-bond acceptors (Lipinski definition) is 3. The first-order valence-corrected chi connectivity index (χ1v) is 7.99. The van der Waals surface area contributed by atoms with Gasteiger partial charge in [0.2, 0.25) is 0 Å². The van der Waals surface area contributed by atoms with Crippen LogP contribution in [0.15, 0.2) is 0 Å². The third-order valence-corrected chi connectivity index (χ3v) is 4.54. The quantitative estimate of drug-likeness (QED) is 0.876. The Morgan fingerprint density at radius 1 is 1.45 bits per heavy atom. The minimum absolute atomic E-state index is 0.629. The summed E-state index contributed by atoms with van der Waals surface area (Å²) in [7, 11) is 1.91. The van der Waals surface area contributed by atoms with Gasteiger partial charge < -0.3 is 5.32 Å². The topological polar surface area (TPSA) is 33.1 Å². The summed E-state index contributed by atoms with van der Waals surface area (Å²) >= 11 is 6.34. The van der Waals surface area contributed by atoms with Crippen LogP contribution in [0.2, 0.25) is 5.15 Å². The lowest BCUT2D eigenvalue weighted by molar-refractivity contribution is 0.237. The standard InChI is InChI=1S/C15H27ClN4/c1-11(2)8-17-9-13-6-5-7-20(13)10-14-12(3)18-19(4)15(14)16/h11,13,17H,5-10H2,1-4H3. The molecule has 20 heavy (non-hydrogen) atoms. The minimum Gasteiger partial charge on any atom is -0.315 e. The number of likely N-dealkylation sites (tertiary alicyclic amines) is 1. The number of aryl methyl sites for hydroxylation is 2. The van der Waals surface area contributed by atoms with E-state index < -0.39 is 0 Å². The summed E-state index contributed by atoms with van der Waals surface area (Å²) in [5, 5.41) is 8.77. The van der Waals surface area contributed by atoms with E-state index in [-0.39, 0.29) is 0 Å². The minimum atomic E-state index is 0.629. The number of hydrogen-bond donors (Lipinski definition) is 1. The van der Waals surface area contributed by atoms with Crippen LogP contribution in [0.3, 0.4) is 0 Å². The van der Waals surface area contributed by atoms with Gasteiger partial charge in [0.05, 0.1) is 5.69 Å². The maximum atomic E-state index is 6.34. The molecular weight excluding hydrogens is 272 g/mol. The molecule has 1 fully saturated rings. The van der Waals surface area contributed by atoms with Gasteiger partial charge in [-0.25, -0.2) is 0 Å². The van der Waals surface area contributed by atoms with Gasteiger partial charge in [0.25, 0.3) is 0 Å². The van der Waals surface area contributed by atoms with Crippen LogP contribution in [0.4, 0.5) is 0 Å². The largest absolute Gasteiger partial charge is 0.315 e. The highest BCUT2D eigenvalue weighted by atomic mass is 35.5. The van der Waals surface area contributed by atoms with Crippen molar-refractivity contribution in [3.8, 4) is 0 Å². The second-order valence-electron chi connectivity index (χ2n) is 6.30. The van der Waals surface area contributed by atoms with Gasteiger partial charge >= 0.3 is 0 Å². The Kier molecular flexibility index (Phi) is 5.47. The Morgan fingerprint density at radius 2 is 2.20 bits per heavy atom. The Bertz CT molecular complexity index is 441. The Morgan fingerprint density at radius 3 is 2.80 bits per heavy atom. The third kappa shape index (κ3) is 3.74. The normalized spacial score (nSPS) is 20.2. The van der Waals surface area contributed by atoms with E-state index in [9.17, 15) is 0 Å². The van der Waals surface area contributed by atoms with E-state index in [2.05, 4.69) is 29.2 Å². The molecule has 0 amide bonds. The van der Waals surface area contributed by atoms with Crippen LogP contribution >= 0.6 is 11.6 Å². The predicted molar refractivity (Wildman–Crippen MR) is 84.1 cm³/mol. The van der Waals surface area contributed by atoms with Crippen LogP contribution in [0.1, 0.15) is 37.9 Å². The maximum Gasteiger partial charge on any atom is 0.131 e. The summed E-state index contributed by atoms with van der Waals surface area (Å²) in [4.78, 5) is 2.54. The molecule has 0 aliphatic carbocycles. The third-order valence-electron chi connectivity index (χ3n) is 4.06. The van der Waals surface area contributed by atoms with Gasteiger partial charge in [-0.2, -0.15) is 5.10 Å². The number of nitrogens with one attached hydrogen (secondary N) is 1. The van der Waals surface area contributed by atoms with Crippen molar-refractivity contribution in [2.24, 2.45) is 13.0 Å². The summed E-state index contributed by atoms with van der Waals surface area (Å²) in [6, 6.07) is 0.629. The lowest BCUT2D eigenvalue weighted by atomic mass is 10.1. The predicted octanol–water partition coefficient (Wildman–Crippen LogP) is 2.59. The molecule has 1 unspecified atom stereocenters. The summed E-state index contributed by atoms with van der Waals surface area (Å²) < 4.78 is 1.77. The molecule has 0 bridgehead atoms. The van der Waals surface area contributed by atoms with Crippen molar-refractivity contribution in [1.82, 2.24) is 20.0 Å². The zero-order chi connectivity index (χ0) is 14.7. The fourth-order valence-electron chi connectivity index (χ4n) is 2.93. The first kappa shape index (κ1) is 15.8. The molecule has 1 atom stereocenters. The zero-order valence-electron chi connectivity index (χ0n) is 13.1. The molecule has 5 heteroatoms. The highest BCUT2D eigenvalue weighted by Gasteiger charge is 2.26. The van der Waals surface area contributed by atoms with E-state index in [0.29, 0.717) is 12.0 Å². The van der Waals surface area contributed by atoms with Crippen LogP contribution in [0, 0.1) is 12.8 Å². The molecule has 0 spiro atoms. The van der Waals surface area contributed by atoms with Crippen molar-refractivity contribution >= 4 is 11.6 Å². The summed E-state index contributed by atoms with van der Waals surface area (Å²) in [6.45, 7) is 10.8. The van der Waals surface area contributed by atoms with Crippen LogP contribution in [0.25, 0.3) is 0 Å². The molecule has 1 N–H and O–H groups in total. The average Bonchev–Trinajstić information content (AvgIpc) is 2.90. The van der Waals surface area contributed by atoms with E-state index >= 15 is 0 Å². The van der Waals surface area contributed by atoms with Gasteiger partial charge in [-0.1, -0.05) is 25.4 Å². The smallest absolute Gasteiger partial charge is 0.131 e. The highest BCUT2D eigenvalue weighted by molar-refractivity contribution is 6.30. The van der Waals surface area contributed by atoms with Crippen LogP contribution in [-0.2, 0) is 13.6 Å². The van der Waals surface area contributed by atoms with Crippen LogP contribution in [-0.4, -0.2) is 40.4 Å². The fourth-order valence-corrected chi connectivity index (χ4v) is 3.16. The van der Waals surface area contributed by atoms with Gasteiger partial charge in [0.15, 0.2) is 0 Å². The first-order valence-electron chi connectivity index (χ1n) is 7.61. The molecule has 1 aromatic rings. The average molecular weight is 299 g/mol. The van der Waals surface area contributed by atoms with Crippen molar-refractivity contribution in [1.29, 1.82) is 0 Å². The van der Waals surface area contributed by atoms with Crippen molar-refractivity contribution in [2.45, 2.75) is 46.2 Å². The van der Waals surface area contributed by atoms with Gasteiger partial charge in [-0.05, 0) is 38.8 Å². The van der Waals surface area contributed by atoms with Crippen molar-refractivity contribution in [3.63, 3.8) is 0 Å². The second kappa shape index (κ2) is 6.92. The Hall–Kier alpha value is -0.580. The number of halogens is 1. The first-order chi connectivity index (χ1) is 9.49. The summed E-state index contributed by atoms with van der Waals surface area (Å²) in [5.41, 5.74) is 2.24. The van der Waals surface area contributed by atoms with Crippen LogP contribution < -0.4 is 5.32 Å². The molecule has 2 heterocycles. The fraction of sp³-hybridized carbons (Fsp3) is 0.800. The van der Waals surface area contributed by atoms with E-state index in [1.54, 1.807) is 4.68 Å². The molecule has 2 rings (SSSR count). The molecule has 1 aliphatic heterocycles. The van der Waals surface area contributed by atoms with Gasteiger partial charge in [-0.15, -0.1) is 0 Å². The lowest BCUT2D eigenvalue weighted by Crippen LogP contribution is -2.38. The molecule has 0 aromatic carbocycles. The Balaban J connectivity index is 1.94. The van der Waals surface area contributed by atoms with E-state index in [1.807, 2.05) is 14.0 Å². The summed E-state index contributed by atoms with van der Waals surface area (Å²) in [6.07, 6.45) is 2.56. The van der Waals surface area contributed by atoms with Crippen molar-refractivity contribution in [2.75, 3.05) is 19.6 Å². The van der Waals surface area contributed by atoms with Crippen LogP contribution in [0.5, 0.6) is 0 Å². The molecule has 114 valence electrons. The van der Waals surface area contributed by atoms with Gasteiger partial charge in [0, 0.05) is 31.7 Å². The van der Waals surface area contributed by atoms with E-state index in [0.717, 1.165) is 30.5 Å². The van der Waals surface area contributed by atoms with E-state index in [1.165, 1.54) is 24.9 Å². The molecule has 1 saturated heterocycles. The van der Waals surface area contributed by atoms with Crippen molar-refractivity contribution in [3.05, 3.63) is 16.4 Å². The van der Waals surface area contributed by atoms with Crippen molar-refractivity contribution < 1.29 is 0 Å².